The number of hydrogen-bond donors (Lipinski definition) is 1. The maximum atomic E-state index is 14.2. The highest BCUT2D eigenvalue weighted by atomic mass is 32.2. The molecular formula is C31H39N3O7S. The zero-order valence-electron chi connectivity index (χ0n) is 24.9. The van der Waals surface area contributed by atoms with Crippen molar-refractivity contribution >= 4 is 27.5 Å². The van der Waals surface area contributed by atoms with E-state index in [4.69, 9.17) is 14.2 Å². The lowest BCUT2D eigenvalue weighted by Gasteiger charge is -2.33. The average molecular weight is 598 g/mol. The Bertz CT molecular complexity index is 1460. The number of sulfonamides is 1. The molecule has 0 saturated carbocycles. The first-order valence-corrected chi connectivity index (χ1v) is 15.0. The third-order valence-corrected chi connectivity index (χ3v) is 8.69. The second kappa shape index (κ2) is 14.6. The quantitative estimate of drug-likeness (QED) is 0.296. The number of carbonyl (C=O) groups is 2. The predicted molar refractivity (Wildman–Crippen MR) is 161 cm³/mol. The first-order valence-electron chi connectivity index (χ1n) is 13.6. The Morgan fingerprint density at radius 3 is 2.14 bits per heavy atom. The van der Waals surface area contributed by atoms with E-state index in [9.17, 15) is 18.0 Å². The molecule has 1 N–H and O–H groups in total. The van der Waals surface area contributed by atoms with Crippen molar-refractivity contribution in [2.75, 3.05) is 32.2 Å². The molecule has 0 spiro atoms. The number of amides is 2. The summed E-state index contributed by atoms with van der Waals surface area (Å²) in [6.07, 6.45) is 0.709. The third-order valence-electron chi connectivity index (χ3n) is 6.92. The molecule has 0 heterocycles. The van der Waals surface area contributed by atoms with Crippen LogP contribution in [0.25, 0.3) is 0 Å². The molecule has 3 aromatic rings. The van der Waals surface area contributed by atoms with Gasteiger partial charge in [-0.2, -0.15) is 0 Å². The molecule has 0 radical (unpaired) electrons. The van der Waals surface area contributed by atoms with Crippen molar-refractivity contribution in [3.05, 3.63) is 78.4 Å². The van der Waals surface area contributed by atoms with E-state index in [0.29, 0.717) is 23.5 Å². The number of rotatable bonds is 14. The molecule has 3 aromatic carbocycles. The first-order chi connectivity index (χ1) is 20.0. The topological polar surface area (TPSA) is 114 Å². The predicted octanol–water partition coefficient (Wildman–Crippen LogP) is 4.24. The Morgan fingerprint density at radius 2 is 1.52 bits per heavy atom. The summed E-state index contributed by atoms with van der Waals surface area (Å²) in [5.41, 5.74) is 0.828. The molecule has 3 rings (SSSR count). The molecule has 0 fully saturated rings. The molecule has 0 aliphatic rings. The van der Waals surface area contributed by atoms with E-state index in [2.05, 4.69) is 5.32 Å². The highest BCUT2D eigenvalue weighted by Gasteiger charge is 2.34. The van der Waals surface area contributed by atoms with Crippen LogP contribution < -0.4 is 23.8 Å². The van der Waals surface area contributed by atoms with Crippen LogP contribution >= 0.6 is 0 Å². The zero-order valence-corrected chi connectivity index (χ0v) is 25.7. The molecule has 10 nitrogen and oxygen atoms in total. The van der Waals surface area contributed by atoms with Crippen LogP contribution in [0.4, 0.5) is 5.69 Å². The second-order valence-electron chi connectivity index (χ2n) is 9.73. The van der Waals surface area contributed by atoms with Crippen LogP contribution in [0.3, 0.4) is 0 Å². The smallest absolute Gasteiger partial charge is 0.264 e. The molecule has 226 valence electrons. The third kappa shape index (κ3) is 7.73. The Balaban J connectivity index is 2.11. The Labute approximate surface area is 248 Å². The van der Waals surface area contributed by atoms with Gasteiger partial charge in [0.1, 0.15) is 29.8 Å². The van der Waals surface area contributed by atoms with Crippen molar-refractivity contribution in [2.24, 2.45) is 0 Å². The fourth-order valence-corrected chi connectivity index (χ4v) is 5.68. The lowest BCUT2D eigenvalue weighted by atomic mass is 10.1. The first kappa shape index (κ1) is 32.3. The number of carbonyl (C=O) groups excluding carboxylic acids is 2. The van der Waals surface area contributed by atoms with Crippen molar-refractivity contribution in [1.29, 1.82) is 0 Å². The van der Waals surface area contributed by atoms with Crippen molar-refractivity contribution < 1.29 is 32.2 Å². The van der Waals surface area contributed by atoms with Crippen LogP contribution in [0, 0.1) is 0 Å². The average Bonchev–Trinajstić information content (AvgIpc) is 3.01. The lowest BCUT2D eigenvalue weighted by Crippen LogP contribution is -2.52. The van der Waals surface area contributed by atoms with Gasteiger partial charge < -0.3 is 24.4 Å². The van der Waals surface area contributed by atoms with Gasteiger partial charge in [-0.1, -0.05) is 37.3 Å². The highest BCUT2D eigenvalue weighted by Crippen LogP contribution is 2.36. The zero-order chi connectivity index (χ0) is 30.9. The second-order valence-corrected chi connectivity index (χ2v) is 11.6. The number of ether oxygens (including phenoxy) is 3. The Hall–Kier alpha value is -4.25. The molecule has 0 saturated heterocycles. The fourth-order valence-electron chi connectivity index (χ4n) is 4.24. The summed E-state index contributed by atoms with van der Waals surface area (Å²) in [6, 6.07) is 18.6. The molecule has 0 unspecified atom stereocenters. The number of nitrogens with one attached hydrogen (secondary N) is 1. The summed E-state index contributed by atoms with van der Waals surface area (Å²) >= 11 is 0. The van der Waals surface area contributed by atoms with Gasteiger partial charge in [0.2, 0.25) is 11.8 Å². The van der Waals surface area contributed by atoms with Gasteiger partial charge in [-0.05, 0) is 62.2 Å². The van der Waals surface area contributed by atoms with Gasteiger partial charge in [0.05, 0.1) is 31.9 Å². The summed E-state index contributed by atoms with van der Waals surface area (Å²) in [5.74, 6) is 0.253. The van der Waals surface area contributed by atoms with Crippen LogP contribution in [0.5, 0.6) is 17.2 Å². The van der Waals surface area contributed by atoms with Crippen LogP contribution in [0.1, 0.15) is 32.8 Å². The van der Waals surface area contributed by atoms with Gasteiger partial charge in [0.15, 0.2) is 0 Å². The summed E-state index contributed by atoms with van der Waals surface area (Å²) in [6.45, 7) is 4.88. The molecule has 42 heavy (non-hydrogen) atoms. The van der Waals surface area contributed by atoms with Gasteiger partial charge in [-0.15, -0.1) is 0 Å². The maximum absolute atomic E-state index is 14.2. The summed E-state index contributed by atoms with van der Waals surface area (Å²) < 4.78 is 45.3. The maximum Gasteiger partial charge on any atom is 0.264 e. The van der Waals surface area contributed by atoms with Gasteiger partial charge in [-0.25, -0.2) is 8.42 Å². The van der Waals surface area contributed by atoms with E-state index < -0.39 is 28.5 Å². The van der Waals surface area contributed by atoms with E-state index in [1.165, 1.54) is 44.4 Å². The minimum absolute atomic E-state index is 0.00965. The van der Waals surface area contributed by atoms with Crippen molar-refractivity contribution in [3.8, 4) is 17.2 Å². The number of nitrogens with zero attached hydrogens (tertiary/aromatic N) is 2. The summed E-state index contributed by atoms with van der Waals surface area (Å²) in [4.78, 5) is 28.7. The number of hydrogen-bond acceptors (Lipinski definition) is 7. The van der Waals surface area contributed by atoms with Crippen LogP contribution in [0.2, 0.25) is 0 Å². The number of methoxy groups -OCH3 is 3. The van der Waals surface area contributed by atoms with E-state index in [1.807, 2.05) is 19.9 Å². The lowest BCUT2D eigenvalue weighted by molar-refractivity contribution is -0.139. The van der Waals surface area contributed by atoms with Crippen LogP contribution in [-0.4, -0.2) is 65.1 Å². The van der Waals surface area contributed by atoms with E-state index in [1.54, 1.807) is 55.5 Å². The molecular weight excluding hydrogens is 558 g/mol. The largest absolute Gasteiger partial charge is 0.497 e. The normalized spacial score (nSPS) is 12.5. The van der Waals surface area contributed by atoms with E-state index in [-0.39, 0.29) is 34.8 Å². The van der Waals surface area contributed by atoms with Gasteiger partial charge in [0.25, 0.3) is 10.0 Å². The summed E-state index contributed by atoms with van der Waals surface area (Å²) in [5, 5.41) is 2.92. The van der Waals surface area contributed by atoms with Crippen molar-refractivity contribution in [2.45, 2.75) is 50.7 Å². The van der Waals surface area contributed by atoms with Gasteiger partial charge >= 0.3 is 0 Å². The highest BCUT2D eigenvalue weighted by molar-refractivity contribution is 7.92. The van der Waals surface area contributed by atoms with Crippen LogP contribution in [0.15, 0.2) is 77.7 Å². The Kier molecular flexibility index (Phi) is 11.2. The standard InChI is InChI=1S/C31H39N3O7S/c1-7-22(2)32-31(36)23(3)33(20-24-12-11-13-25(18-24)39-4)30(35)21-34(42(37,38)27-14-9-8-10-15-27)28-19-26(40-5)16-17-29(28)41-6/h8-19,22-23H,7,20-21H2,1-6H3,(H,32,36)/t22-,23+/m0/s1. The molecule has 0 aromatic heterocycles. The molecule has 2 atom stereocenters. The van der Waals surface area contributed by atoms with Gasteiger partial charge in [0, 0.05) is 18.7 Å². The number of anilines is 1. The Morgan fingerprint density at radius 1 is 0.857 bits per heavy atom. The van der Waals surface area contributed by atoms with Crippen LogP contribution in [-0.2, 0) is 26.2 Å². The summed E-state index contributed by atoms with van der Waals surface area (Å²) in [7, 11) is 0.149. The van der Waals surface area contributed by atoms with E-state index in [0.717, 1.165) is 4.31 Å². The SMILES string of the molecule is CC[C@H](C)NC(=O)[C@@H](C)N(Cc1cccc(OC)c1)C(=O)CN(c1cc(OC)ccc1OC)S(=O)(=O)c1ccccc1. The monoisotopic (exact) mass is 597 g/mol. The van der Waals surface area contributed by atoms with Gasteiger partial charge in [-0.3, -0.25) is 13.9 Å². The van der Waals surface area contributed by atoms with Crippen molar-refractivity contribution in [3.63, 3.8) is 0 Å². The molecule has 0 aliphatic carbocycles. The minimum Gasteiger partial charge on any atom is -0.497 e. The molecule has 11 heteroatoms. The minimum atomic E-state index is -4.26. The van der Waals surface area contributed by atoms with E-state index >= 15 is 0 Å². The molecule has 0 bridgehead atoms. The van der Waals surface area contributed by atoms with Crippen molar-refractivity contribution in [1.82, 2.24) is 10.2 Å². The fraction of sp³-hybridized carbons (Fsp3) is 0.355. The molecule has 0 aliphatic heterocycles. The number of benzene rings is 3. The molecule has 2 amide bonds.